The molecule has 0 aliphatic heterocycles. The van der Waals surface area contributed by atoms with Gasteiger partial charge >= 0.3 is 6.18 Å². The van der Waals surface area contributed by atoms with Crippen molar-refractivity contribution >= 4 is 21.1 Å². The molecule has 1 N–H and O–H groups in total. The van der Waals surface area contributed by atoms with Crippen LogP contribution in [-0.2, 0) is 15.9 Å². The topological polar surface area (TPSA) is 66.7 Å². The Hall–Kier alpha value is -1.48. The van der Waals surface area contributed by atoms with E-state index < -0.39 is 26.8 Å². The van der Waals surface area contributed by atoms with Crippen LogP contribution in [0.15, 0.2) is 22.7 Å². The van der Waals surface area contributed by atoms with Gasteiger partial charge in [0.25, 0.3) is 0 Å². The summed E-state index contributed by atoms with van der Waals surface area (Å²) in [5.74, 6) is 0. The van der Waals surface area contributed by atoms with Gasteiger partial charge in [-0.1, -0.05) is 6.07 Å². The van der Waals surface area contributed by atoms with Crippen LogP contribution in [0.3, 0.4) is 0 Å². The largest absolute Gasteiger partial charge is 0.433 e. The number of aryl methyl sites for hydroxylation is 2. The van der Waals surface area contributed by atoms with Crippen molar-refractivity contribution in [1.29, 1.82) is 4.78 Å². The van der Waals surface area contributed by atoms with Crippen molar-refractivity contribution in [2.75, 3.05) is 0 Å². The molecule has 0 aliphatic rings. The summed E-state index contributed by atoms with van der Waals surface area (Å²) >= 11 is 1.18. The second-order valence-corrected chi connectivity index (χ2v) is 8.60. The Morgan fingerprint density at radius 1 is 1.32 bits per heavy atom. The maximum absolute atomic E-state index is 12.7. The Labute approximate surface area is 130 Å². The third-order valence-electron chi connectivity index (χ3n) is 3.31. The number of hydrogen-bond donors (Lipinski definition) is 1. The van der Waals surface area contributed by atoms with Gasteiger partial charge in [0, 0.05) is 11.1 Å². The van der Waals surface area contributed by atoms with E-state index in [0.29, 0.717) is 11.3 Å². The highest BCUT2D eigenvalue weighted by molar-refractivity contribution is 7.94. The fraction of sp³-hybridized carbons (Fsp3) is 0.385. The first-order chi connectivity index (χ1) is 10.0. The average molecular weight is 349 g/mol. The summed E-state index contributed by atoms with van der Waals surface area (Å²) in [4.78, 5) is 8.36. The van der Waals surface area contributed by atoms with Crippen molar-refractivity contribution in [1.82, 2.24) is 9.97 Å². The molecular weight excluding hydrogens is 335 g/mol. The lowest BCUT2D eigenvalue weighted by molar-refractivity contribution is -0.141. The zero-order chi connectivity index (χ0) is 16.7. The number of hydrogen-bond acceptors (Lipinski definition) is 5. The van der Waals surface area contributed by atoms with E-state index in [1.54, 1.807) is 6.92 Å². The number of halogens is 3. The van der Waals surface area contributed by atoms with E-state index in [-0.39, 0.29) is 4.34 Å². The van der Waals surface area contributed by atoms with E-state index >= 15 is 0 Å². The Bertz CT molecular complexity index is 760. The molecule has 9 heteroatoms. The summed E-state index contributed by atoms with van der Waals surface area (Å²) in [6, 6.07) is 2.04. The van der Waals surface area contributed by atoms with Crippen LogP contribution in [0.4, 0.5) is 13.2 Å². The smallest absolute Gasteiger partial charge is 0.251 e. The van der Waals surface area contributed by atoms with Crippen LogP contribution in [0.2, 0.25) is 0 Å². The molecule has 0 aliphatic carbocycles. The Morgan fingerprint density at radius 2 is 1.95 bits per heavy atom. The van der Waals surface area contributed by atoms with Gasteiger partial charge in [0.05, 0.1) is 10.9 Å². The molecule has 0 amide bonds. The zero-order valence-electron chi connectivity index (χ0n) is 12.1. The SMILES string of the molecule is Cc1nc(S(=N)(=O)C(C)c2ccc(C(F)(F)F)nc2)sc1C. The highest BCUT2D eigenvalue weighted by Gasteiger charge is 2.33. The summed E-state index contributed by atoms with van der Waals surface area (Å²) < 4.78 is 58.5. The molecule has 2 heterocycles. The second kappa shape index (κ2) is 5.62. The van der Waals surface area contributed by atoms with Crippen LogP contribution in [0.25, 0.3) is 0 Å². The molecule has 2 atom stereocenters. The highest BCUT2D eigenvalue weighted by Crippen LogP contribution is 2.34. The lowest BCUT2D eigenvalue weighted by atomic mass is 10.2. The van der Waals surface area contributed by atoms with Gasteiger partial charge in [0.15, 0.2) is 4.34 Å². The first kappa shape index (κ1) is 16.9. The minimum absolute atomic E-state index is 0.190. The van der Waals surface area contributed by atoms with Crippen molar-refractivity contribution in [2.45, 2.75) is 36.5 Å². The number of alkyl halides is 3. The van der Waals surface area contributed by atoms with Crippen LogP contribution >= 0.6 is 11.3 Å². The number of nitrogens with one attached hydrogen (secondary N) is 1. The lowest BCUT2D eigenvalue weighted by Crippen LogP contribution is -2.12. The molecule has 4 nitrogen and oxygen atoms in total. The van der Waals surface area contributed by atoms with Crippen molar-refractivity contribution in [3.8, 4) is 0 Å². The Balaban J connectivity index is 2.36. The van der Waals surface area contributed by atoms with Crippen molar-refractivity contribution in [3.05, 3.63) is 40.2 Å². The van der Waals surface area contributed by atoms with Gasteiger partial charge in [-0.2, -0.15) is 13.2 Å². The zero-order valence-corrected chi connectivity index (χ0v) is 13.7. The predicted molar refractivity (Wildman–Crippen MR) is 78.4 cm³/mol. The standard InChI is InChI=1S/C13H14F3N3OS2/c1-7-8(2)21-12(19-7)22(17,20)9(3)10-4-5-11(18-6-10)13(14,15)16/h4-6,9,17H,1-3H3. The number of thiazole rings is 1. The van der Waals surface area contributed by atoms with Crippen molar-refractivity contribution in [3.63, 3.8) is 0 Å². The molecule has 0 saturated carbocycles. The first-order valence-corrected chi connectivity index (χ1v) is 8.72. The lowest BCUT2D eigenvalue weighted by Gasteiger charge is -2.14. The third kappa shape index (κ3) is 3.14. The van der Waals surface area contributed by atoms with E-state index in [9.17, 15) is 17.4 Å². The molecule has 120 valence electrons. The molecule has 2 rings (SSSR count). The molecule has 0 fully saturated rings. The van der Waals surface area contributed by atoms with Gasteiger partial charge in [0.1, 0.15) is 15.4 Å². The van der Waals surface area contributed by atoms with E-state index in [1.807, 2.05) is 6.92 Å². The molecule has 22 heavy (non-hydrogen) atoms. The fourth-order valence-corrected chi connectivity index (χ4v) is 4.77. The molecule has 0 aromatic carbocycles. The molecule has 2 unspecified atom stereocenters. The van der Waals surface area contributed by atoms with Crippen LogP contribution in [-0.4, -0.2) is 14.2 Å². The maximum atomic E-state index is 12.7. The Morgan fingerprint density at radius 3 is 2.36 bits per heavy atom. The minimum Gasteiger partial charge on any atom is -0.251 e. The molecule has 2 aromatic heterocycles. The normalized spacial score (nSPS) is 16.3. The van der Waals surface area contributed by atoms with E-state index in [1.165, 1.54) is 24.3 Å². The van der Waals surface area contributed by atoms with Gasteiger partial charge in [-0.05, 0) is 32.4 Å². The second-order valence-electron chi connectivity index (χ2n) is 4.84. The van der Waals surface area contributed by atoms with Gasteiger partial charge in [-0.25, -0.2) is 14.0 Å². The molecule has 0 radical (unpaired) electrons. The van der Waals surface area contributed by atoms with Crippen LogP contribution < -0.4 is 0 Å². The van der Waals surface area contributed by atoms with Gasteiger partial charge in [-0.3, -0.25) is 4.98 Å². The summed E-state index contributed by atoms with van der Waals surface area (Å²) in [7, 11) is -3.26. The Kier molecular flexibility index (Phi) is 4.31. The number of pyridine rings is 1. The minimum atomic E-state index is -4.52. The quantitative estimate of drug-likeness (QED) is 0.896. The van der Waals surface area contributed by atoms with Gasteiger partial charge in [-0.15, -0.1) is 11.3 Å². The third-order valence-corrected chi connectivity index (χ3v) is 7.05. The molecule has 0 bridgehead atoms. The van der Waals surface area contributed by atoms with Gasteiger partial charge < -0.3 is 0 Å². The average Bonchev–Trinajstić information content (AvgIpc) is 2.78. The number of nitrogens with zero attached hydrogens (tertiary/aromatic N) is 2. The van der Waals surface area contributed by atoms with Crippen LogP contribution in [0.5, 0.6) is 0 Å². The molecular formula is C13H14F3N3OS2. The summed E-state index contributed by atoms with van der Waals surface area (Å²) in [5.41, 5.74) is 0.0112. The molecule has 0 saturated heterocycles. The summed E-state index contributed by atoms with van der Waals surface area (Å²) in [5, 5.41) is -0.799. The monoisotopic (exact) mass is 349 g/mol. The van der Waals surface area contributed by atoms with E-state index in [0.717, 1.165) is 17.1 Å². The van der Waals surface area contributed by atoms with E-state index in [4.69, 9.17) is 4.78 Å². The van der Waals surface area contributed by atoms with E-state index in [2.05, 4.69) is 9.97 Å². The first-order valence-electron chi connectivity index (χ1n) is 6.28. The van der Waals surface area contributed by atoms with Crippen LogP contribution in [0, 0.1) is 18.6 Å². The molecule has 0 spiro atoms. The van der Waals surface area contributed by atoms with Gasteiger partial charge in [0.2, 0.25) is 0 Å². The summed E-state index contributed by atoms with van der Waals surface area (Å²) in [6.07, 6.45) is -3.50. The van der Waals surface area contributed by atoms with Crippen LogP contribution in [0.1, 0.15) is 34.0 Å². The number of aromatic nitrogens is 2. The predicted octanol–water partition coefficient (Wildman–Crippen LogP) is 4.34. The number of rotatable bonds is 3. The summed E-state index contributed by atoms with van der Waals surface area (Å²) in [6.45, 7) is 5.11. The maximum Gasteiger partial charge on any atom is 0.433 e. The van der Waals surface area contributed by atoms with Crippen molar-refractivity contribution < 1.29 is 17.4 Å². The molecule has 2 aromatic rings. The fourth-order valence-electron chi connectivity index (χ4n) is 1.73. The highest BCUT2D eigenvalue weighted by atomic mass is 32.2. The van der Waals surface area contributed by atoms with Crippen molar-refractivity contribution in [2.24, 2.45) is 0 Å².